The lowest BCUT2D eigenvalue weighted by molar-refractivity contribution is -0.138. The van der Waals surface area contributed by atoms with Crippen molar-refractivity contribution < 1.29 is 27.9 Å². The minimum Gasteiger partial charge on any atom is -0.493 e. The van der Waals surface area contributed by atoms with Crippen LogP contribution < -0.4 is 14.8 Å². The fraction of sp³-hybridized carbons (Fsp3) is 0.179. The van der Waals surface area contributed by atoms with Gasteiger partial charge < -0.3 is 19.7 Å². The van der Waals surface area contributed by atoms with E-state index in [-0.39, 0.29) is 10.5 Å². The first-order chi connectivity index (χ1) is 18.8. The number of aliphatic carboxylic acids is 1. The smallest absolute Gasteiger partial charge is 0.323 e. The van der Waals surface area contributed by atoms with Gasteiger partial charge in [-0.25, -0.2) is 13.4 Å². The van der Waals surface area contributed by atoms with Crippen LogP contribution in [-0.2, 0) is 27.8 Å². The number of ether oxygens (including phenoxy) is 1. The Kier molecular flexibility index (Phi) is 9.08. The summed E-state index contributed by atoms with van der Waals surface area (Å²) in [4.78, 5) is 28.4. The summed E-state index contributed by atoms with van der Waals surface area (Å²) >= 11 is 0. The number of benzene rings is 3. The number of nitrogens with one attached hydrogen (secondary N) is 2. The molecule has 11 heteroatoms. The fourth-order valence-electron chi connectivity index (χ4n) is 3.72. The molecule has 0 saturated carbocycles. The average Bonchev–Trinajstić information content (AvgIpc) is 3.39. The number of hydrogen-bond acceptors (Lipinski definition) is 6. The van der Waals surface area contributed by atoms with Gasteiger partial charge in [-0.2, -0.15) is 4.72 Å². The van der Waals surface area contributed by atoms with E-state index < -0.39 is 34.5 Å². The maximum Gasteiger partial charge on any atom is 0.323 e. The van der Waals surface area contributed by atoms with Gasteiger partial charge in [-0.3, -0.25) is 9.59 Å². The third-order valence-corrected chi connectivity index (χ3v) is 7.24. The van der Waals surface area contributed by atoms with Gasteiger partial charge in [0.2, 0.25) is 10.0 Å². The van der Waals surface area contributed by atoms with Crippen LogP contribution in [0.15, 0.2) is 102 Å². The highest BCUT2D eigenvalue weighted by Crippen LogP contribution is 2.13. The molecule has 3 N–H and O–H groups in total. The Bertz CT molecular complexity index is 1490. The Labute approximate surface area is 226 Å². The minimum atomic E-state index is -4.07. The number of carboxylic acid groups (broad SMARTS) is 1. The summed E-state index contributed by atoms with van der Waals surface area (Å²) in [5.41, 5.74) is 2.36. The van der Waals surface area contributed by atoms with Crippen molar-refractivity contribution in [2.24, 2.45) is 0 Å². The van der Waals surface area contributed by atoms with Gasteiger partial charge in [0.25, 0.3) is 5.91 Å². The van der Waals surface area contributed by atoms with Gasteiger partial charge in [0, 0.05) is 31.3 Å². The van der Waals surface area contributed by atoms with Crippen molar-refractivity contribution in [1.29, 1.82) is 0 Å². The number of carboxylic acids is 1. The topological polar surface area (TPSA) is 140 Å². The maximum atomic E-state index is 12.5. The fourth-order valence-corrected chi connectivity index (χ4v) is 4.93. The molecule has 39 heavy (non-hydrogen) atoms. The summed E-state index contributed by atoms with van der Waals surface area (Å²) < 4.78 is 34.8. The summed E-state index contributed by atoms with van der Waals surface area (Å²) in [7, 11) is -4.07. The molecule has 202 valence electrons. The molecule has 4 aromatic rings. The second-order valence-electron chi connectivity index (χ2n) is 8.68. The molecule has 1 unspecified atom stereocenters. The van der Waals surface area contributed by atoms with Gasteiger partial charge in [0.15, 0.2) is 0 Å². The Morgan fingerprint density at radius 1 is 0.949 bits per heavy atom. The van der Waals surface area contributed by atoms with E-state index in [2.05, 4.69) is 27.2 Å². The summed E-state index contributed by atoms with van der Waals surface area (Å²) in [5, 5.41) is 11.9. The number of carbonyl (C=O) groups excluding carboxylic acids is 1. The van der Waals surface area contributed by atoms with E-state index in [4.69, 9.17) is 4.74 Å². The van der Waals surface area contributed by atoms with Crippen LogP contribution in [0.3, 0.4) is 0 Å². The molecule has 3 aromatic carbocycles. The molecule has 0 fully saturated rings. The normalized spacial score (nSPS) is 12.0. The zero-order valence-electron chi connectivity index (χ0n) is 20.9. The first-order valence-electron chi connectivity index (χ1n) is 12.2. The Morgan fingerprint density at radius 2 is 1.62 bits per heavy atom. The zero-order chi connectivity index (χ0) is 27.7. The van der Waals surface area contributed by atoms with Crippen LogP contribution in [0.25, 0.3) is 0 Å². The predicted octanol–water partition coefficient (Wildman–Crippen LogP) is 2.71. The van der Waals surface area contributed by atoms with Gasteiger partial charge in [-0.15, -0.1) is 0 Å². The van der Waals surface area contributed by atoms with E-state index >= 15 is 0 Å². The summed E-state index contributed by atoms with van der Waals surface area (Å²) in [6.07, 6.45) is 4.38. The summed E-state index contributed by atoms with van der Waals surface area (Å²) in [6.45, 7) is 0.704. The Hall–Kier alpha value is -4.48. The molecule has 1 atom stereocenters. The molecule has 0 bridgehead atoms. The van der Waals surface area contributed by atoms with Crippen molar-refractivity contribution in [3.63, 3.8) is 0 Å². The monoisotopic (exact) mass is 548 g/mol. The van der Waals surface area contributed by atoms with Gasteiger partial charge in [0.05, 0.1) is 23.5 Å². The largest absolute Gasteiger partial charge is 0.493 e. The second-order valence-corrected chi connectivity index (χ2v) is 10.4. The highest BCUT2D eigenvalue weighted by Gasteiger charge is 2.26. The van der Waals surface area contributed by atoms with Crippen molar-refractivity contribution >= 4 is 21.9 Å². The highest BCUT2D eigenvalue weighted by atomic mass is 32.2. The molecule has 1 heterocycles. The molecule has 0 radical (unpaired) electrons. The number of rotatable bonds is 13. The molecule has 0 saturated heterocycles. The van der Waals surface area contributed by atoms with Crippen LogP contribution in [0.2, 0.25) is 0 Å². The van der Waals surface area contributed by atoms with Gasteiger partial charge in [0.1, 0.15) is 11.8 Å². The number of imidazole rings is 1. The van der Waals surface area contributed by atoms with E-state index in [9.17, 15) is 23.1 Å². The lowest BCUT2D eigenvalue weighted by Gasteiger charge is -2.16. The van der Waals surface area contributed by atoms with Gasteiger partial charge >= 0.3 is 5.97 Å². The quantitative estimate of drug-likeness (QED) is 0.233. The lowest BCUT2D eigenvalue weighted by Crippen LogP contribution is -2.48. The van der Waals surface area contributed by atoms with Crippen LogP contribution in [-0.4, -0.2) is 54.1 Å². The molecule has 10 nitrogen and oxygen atoms in total. The van der Waals surface area contributed by atoms with Crippen LogP contribution in [0.1, 0.15) is 21.6 Å². The van der Waals surface area contributed by atoms with Crippen molar-refractivity contribution in [3.8, 4) is 5.75 Å². The average molecular weight is 549 g/mol. The highest BCUT2D eigenvalue weighted by molar-refractivity contribution is 7.89. The standard InChI is InChI=1S/C28H28N4O6S/c33-27(29-17-26(28(34)35)31-39(36,37)25-9-5-2-6-10-25)22-11-13-24(14-12-22)38-16-15-23-19-32(20-30-23)18-21-7-3-1-4-8-21/h1-14,19-20,26,31H,15-18H2,(H,29,33)(H,34,35). The molecule has 1 amide bonds. The minimum absolute atomic E-state index is 0.0706. The molecule has 1 aromatic heterocycles. The zero-order valence-corrected chi connectivity index (χ0v) is 21.8. The Morgan fingerprint density at radius 3 is 2.28 bits per heavy atom. The summed E-state index contributed by atoms with van der Waals surface area (Å²) in [5.74, 6) is -1.39. The van der Waals surface area contributed by atoms with E-state index in [1.54, 1.807) is 36.7 Å². The van der Waals surface area contributed by atoms with Crippen LogP contribution in [0.5, 0.6) is 5.75 Å². The van der Waals surface area contributed by atoms with Crippen LogP contribution in [0, 0.1) is 0 Å². The summed E-state index contributed by atoms with van der Waals surface area (Å²) in [6, 6.07) is 22.3. The van der Waals surface area contributed by atoms with Crippen molar-refractivity contribution in [3.05, 3.63) is 114 Å². The maximum absolute atomic E-state index is 12.5. The van der Waals surface area contributed by atoms with E-state index in [0.717, 1.165) is 12.2 Å². The molecule has 0 aliphatic rings. The van der Waals surface area contributed by atoms with Crippen LogP contribution >= 0.6 is 0 Å². The molecular weight excluding hydrogens is 520 g/mol. The van der Waals surface area contributed by atoms with Crippen LogP contribution in [0.4, 0.5) is 0 Å². The van der Waals surface area contributed by atoms with E-state index in [1.807, 2.05) is 29.0 Å². The Balaban J connectivity index is 1.24. The second kappa shape index (κ2) is 12.9. The lowest BCUT2D eigenvalue weighted by atomic mass is 10.2. The third kappa shape index (κ3) is 8.00. The number of aromatic nitrogens is 2. The van der Waals surface area contributed by atoms with E-state index in [1.165, 1.54) is 29.8 Å². The number of sulfonamides is 1. The first-order valence-corrected chi connectivity index (χ1v) is 13.6. The van der Waals surface area contributed by atoms with E-state index in [0.29, 0.717) is 18.8 Å². The third-order valence-electron chi connectivity index (χ3n) is 5.75. The van der Waals surface area contributed by atoms with Crippen molar-refractivity contribution in [1.82, 2.24) is 19.6 Å². The van der Waals surface area contributed by atoms with Gasteiger partial charge in [-0.05, 0) is 42.0 Å². The van der Waals surface area contributed by atoms with Crippen molar-refractivity contribution in [2.45, 2.75) is 23.9 Å². The van der Waals surface area contributed by atoms with Crippen molar-refractivity contribution in [2.75, 3.05) is 13.2 Å². The number of carbonyl (C=O) groups is 2. The predicted molar refractivity (Wildman–Crippen MR) is 144 cm³/mol. The SMILES string of the molecule is O=C(NCC(NS(=O)(=O)c1ccccc1)C(=O)O)c1ccc(OCCc2cn(Cc3ccccc3)cn2)cc1. The number of nitrogens with zero attached hydrogens (tertiary/aromatic N) is 2. The number of amides is 1. The molecule has 0 aliphatic heterocycles. The molecular formula is C28H28N4O6S. The first kappa shape index (κ1) is 27.6. The number of hydrogen-bond donors (Lipinski definition) is 3. The molecule has 0 spiro atoms. The van der Waals surface area contributed by atoms with Gasteiger partial charge in [-0.1, -0.05) is 48.5 Å². The molecule has 4 rings (SSSR count). The molecule has 0 aliphatic carbocycles.